The number of benzene rings is 1. The van der Waals surface area contributed by atoms with E-state index in [1.54, 1.807) is 18.2 Å². The average molecular weight is 285 g/mol. The Morgan fingerprint density at radius 1 is 1.47 bits per heavy atom. The summed E-state index contributed by atoms with van der Waals surface area (Å²) in [6.45, 7) is 7.97. The second-order valence-corrected chi connectivity index (χ2v) is 5.96. The second kappa shape index (κ2) is 6.26. The predicted octanol–water partition coefficient (Wildman–Crippen LogP) is 3.05. The van der Waals surface area contributed by atoms with E-state index < -0.39 is 11.6 Å². The maximum absolute atomic E-state index is 12.0. The zero-order valence-electron chi connectivity index (χ0n) is 11.8. The molecule has 0 aromatic heterocycles. The highest BCUT2D eigenvalue weighted by Crippen LogP contribution is 2.23. The molecule has 0 amide bonds. The van der Waals surface area contributed by atoms with Gasteiger partial charge in [-0.25, -0.2) is 4.79 Å². The third-order valence-electron chi connectivity index (χ3n) is 2.21. The monoisotopic (exact) mass is 284 g/mol. The van der Waals surface area contributed by atoms with Gasteiger partial charge in [0.25, 0.3) is 0 Å². The van der Waals surface area contributed by atoms with Gasteiger partial charge in [-0.1, -0.05) is 11.6 Å². The van der Waals surface area contributed by atoms with Gasteiger partial charge in [0, 0.05) is 18.3 Å². The lowest BCUT2D eigenvalue weighted by Crippen LogP contribution is -2.26. The van der Waals surface area contributed by atoms with Crippen LogP contribution in [0.25, 0.3) is 0 Å². The molecular weight excluding hydrogens is 264 g/mol. The Morgan fingerprint density at radius 2 is 2.11 bits per heavy atom. The van der Waals surface area contributed by atoms with Crippen molar-refractivity contribution in [3.8, 4) is 0 Å². The van der Waals surface area contributed by atoms with Crippen molar-refractivity contribution in [2.45, 2.75) is 39.3 Å². The van der Waals surface area contributed by atoms with Crippen LogP contribution in [0, 0.1) is 0 Å². The topological polar surface area (TPSA) is 64.3 Å². The van der Waals surface area contributed by atoms with Crippen molar-refractivity contribution in [3.05, 3.63) is 28.8 Å². The Hall–Kier alpha value is -1.26. The molecule has 0 aliphatic rings. The molecule has 0 aliphatic heterocycles. The lowest BCUT2D eigenvalue weighted by molar-refractivity contribution is 0.00698. The first-order chi connectivity index (χ1) is 8.69. The summed E-state index contributed by atoms with van der Waals surface area (Å²) in [5.41, 5.74) is 6.27. The van der Waals surface area contributed by atoms with Gasteiger partial charge in [0.15, 0.2) is 0 Å². The van der Waals surface area contributed by atoms with E-state index >= 15 is 0 Å². The van der Waals surface area contributed by atoms with Crippen molar-refractivity contribution in [2.24, 2.45) is 5.73 Å². The van der Waals surface area contributed by atoms with Gasteiger partial charge in [0.1, 0.15) is 5.60 Å². The van der Waals surface area contributed by atoms with Crippen molar-refractivity contribution >= 4 is 23.3 Å². The van der Waals surface area contributed by atoms with Gasteiger partial charge in [-0.05, 0) is 45.9 Å². The van der Waals surface area contributed by atoms with Crippen molar-refractivity contribution in [2.75, 3.05) is 11.9 Å². The number of nitrogens with one attached hydrogen (secondary N) is 1. The molecule has 1 aromatic carbocycles. The lowest BCUT2D eigenvalue weighted by atomic mass is 10.1. The van der Waals surface area contributed by atoms with E-state index in [1.807, 2.05) is 27.7 Å². The molecule has 1 unspecified atom stereocenters. The van der Waals surface area contributed by atoms with Gasteiger partial charge < -0.3 is 15.8 Å². The number of hydrogen-bond acceptors (Lipinski definition) is 4. The maximum Gasteiger partial charge on any atom is 0.340 e. The summed E-state index contributed by atoms with van der Waals surface area (Å²) in [7, 11) is 0. The van der Waals surface area contributed by atoms with Crippen LogP contribution in [0.3, 0.4) is 0 Å². The van der Waals surface area contributed by atoms with E-state index in [2.05, 4.69) is 5.32 Å². The van der Waals surface area contributed by atoms with Crippen LogP contribution < -0.4 is 11.1 Å². The maximum atomic E-state index is 12.0. The molecule has 0 saturated heterocycles. The summed E-state index contributed by atoms with van der Waals surface area (Å²) < 4.78 is 5.31. The summed E-state index contributed by atoms with van der Waals surface area (Å²) in [4.78, 5) is 12.0. The molecule has 3 N–H and O–H groups in total. The first kappa shape index (κ1) is 15.8. The highest BCUT2D eigenvalue weighted by Gasteiger charge is 2.20. The number of hydrogen-bond donors (Lipinski definition) is 2. The van der Waals surface area contributed by atoms with E-state index in [0.29, 0.717) is 17.1 Å². The number of anilines is 1. The van der Waals surface area contributed by atoms with Crippen LogP contribution in [-0.2, 0) is 4.74 Å². The Morgan fingerprint density at radius 3 is 2.63 bits per heavy atom. The van der Waals surface area contributed by atoms with Crippen molar-refractivity contribution in [1.82, 2.24) is 0 Å². The molecule has 0 aliphatic carbocycles. The fourth-order valence-corrected chi connectivity index (χ4v) is 1.60. The van der Waals surface area contributed by atoms with Crippen LogP contribution >= 0.6 is 11.6 Å². The largest absolute Gasteiger partial charge is 0.456 e. The SMILES string of the molecule is CC(N)CNc1ccc(Cl)c(C(=O)OC(C)(C)C)c1. The minimum atomic E-state index is -0.546. The van der Waals surface area contributed by atoms with Crippen molar-refractivity contribution in [3.63, 3.8) is 0 Å². The number of carbonyl (C=O) groups is 1. The van der Waals surface area contributed by atoms with Gasteiger partial charge in [-0.15, -0.1) is 0 Å². The molecule has 5 heteroatoms. The Kier molecular flexibility index (Phi) is 5.20. The molecule has 0 heterocycles. The molecule has 0 radical (unpaired) electrons. The molecule has 0 spiro atoms. The van der Waals surface area contributed by atoms with Gasteiger partial charge in [0.05, 0.1) is 10.6 Å². The van der Waals surface area contributed by atoms with E-state index in [1.165, 1.54) is 0 Å². The second-order valence-electron chi connectivity index (χ2n) is 5.55. The minimum Gasteiger partial charge on any atom is -0.456 e. The standard InChI is InChI=1S/C14H21ClN2O2/c1-9(16)8-17-10-5-6-12(15)11(7-10)13(18)19-14(2,3)4/h5-7,9,17H,8,16H2,1-4H3. The van der Waals surface area contributed by atoms with Crippen molar-refractivity contribution in [1.29, 1.82) is 0 Å². The number of ether oxygens (including phenoxy) is 1. The van der Waals surface area contributed by atoms with Crippen LogP contribution in [0.1, 0.15) is 38.1 Å². The van der Waals surface area contributed by atoms with Gasteiger partial charge >= 0.3 is 5.97 Å². The summed E-state index contributed by atoms with van der Waals surface area (Å²) in [5, 5.41) is 3.51. The molecule has 0 fully saturated rings. The zero-order valence-corrected chi connectivity index (χ0v) is 12.5. The molecule has 4 nitrogen and oxygen atoms in total. The molecule has 106 valence electrons. The fraction of sp³-hybridized carbons (Fsp3) is 0.500. The van der Waals surface area contributed by atoms with E-state index in [4.69, 9.17) is 22.1 Å². The highest BCUT2D eigenvalue weighted by molar-refractivity contribution is 6.33. The number of carbonyl (C=O) groups excluding carboxylic acids is 1. The Balaban J connectivity index is 2.88. The van der Waals surface area contributed by atoms with Crippen LogP contribution in [0.15, 0.2) is 18.2 Å². The van der Waals surface area contributed by atoms with Crippen LogP contribution in [-0.4, -0.2) is 24.2 Å². The number of esters is 1. The van der Waals surface area contributed by atoms with Crippen LogP contribution in [0.2, 0.25) is 5.02 Å². The Bertz CT molecular complexity index is 453. The van der Waals surface area contributed by atoms with Crippen LogP contribution in [0.4, 0.5) is 5.69 Å². The van der Waals surface area contributed by atoms with Gasteiger partial charge in [-0.3, -0.25) is 0 Å². The van der Waals surface area contributed by atoms with E-state index in [9.17, 15) is 4.79 Å². The van der Waals surface area contributed by atoms with Gasteiger partial charge in [0.2, 0.25) is 0 Å². The minimum absolute atomic E-state index is 0.0284. The highest BCUT2D eigenvalue weighted by atomic mass is 35.5. The number of halogens is 1. The van der Waals surface area contributed by atoms with Crippen LogP contribution in [0.5, 0.6) is 0 Å². The summed E-state index contributed by atoms with van der Waals surface area (Å²) >= 11 is 6.03. The molecular formula is C14H21ClN2O2. The first-order valence-corrected chi connectivity index (χ1v) is 6.59. The average Bonchev–Trinajstić information content (AvgIpc) is 2.25. The van der Waals surface area contributed by atoms with Gasteiger partial charge in [-0.2, -0.15) is 0 Å². The normalized spacial score (nSPS) is 12.9. The van der Waals surface area contributed by atoms with E-state index in [0.717, 1.165) is 5.69 Å². The van der Waals surface area contributed by atoms with Crippen molar-refractivity contribution < 1.29 is 9.53 Å². The zero-order chi connectivity index (χ0) is 14.6. The molecule has 1 atom stereocenters. The summed E-state index contributed by atoms with van der Waals surface area (Å²) in [6.07, 6.45) is 0. The molecule has 0 bridgehead atoms. The first-order valence-electron chi connectivity index (χ1n) is 6.21. The fourth-order valence-electron chi connectivity index (χ4n) is 1.40. The third kappa shape index (κ3) is 5.49. The summed E-state index contributed by atoms with van der Waals surface area (Å²) in [5.74, 6) is -0.429. The predicted molar refractivity (Wildman–Crippen MR) is 78.8 cm³/mol. The van der Waals surface area contributed by atoms with E-state index in [-0.39, 0.29) is 6.04 Å². The smallest absolute Gasteiger partial charge is 0.340 e. The summed E-state index contributed by atoms with van der Waals surface area (Å²) in [6, 6.07) is 5.18. The number of nitrogens with two attached hydrogens (primary N) is 1. The molecule has 0 saturated carbocycles. The Labute approximate surface area is 119 Å². The molecule has 1 rings (SSSR count). The quantitative estimate of drug-likeness (QED) is 0.834. The third-order valence-corrected chi connectivity index (χ3v) is 2.54. The molecule has 1 aromatic rings. The lowest BCUT2D eigenvalue weighted by Gasteiger charge is -2.20. The molecule has 19 heavy (non-hydrogen) atoms. The number of rotatable bonds is 4.